The smallest absolute Gasteiger partial charge is 0.270 e. The van der Waals surface area contributed by atoms with Crippen molar-refractivity contribution < 1.29 is 21.8 Å². The van der Waals surface area contributed by atoms with Crippen LogP contribution in [0.2, 0.25) is 0 Å². The van der Waals surface area contributed by atoms with Crippen molar-refractivity contribution in [1.29, 1.82) is 0 Å². The summed E-state index contributed by atoms with van der Waals surface area (Å²) in [6.07, 6.45) is 2.20. The standard InChI is InChI=1S/C7H6BrNO4S.C7H8BrNO2S/c1-14(12,13)7-3-2-5(9(10)11)4-6(7)8;1-12(10,11)7-3-2-5(9)4-6(7)8/h2-4H,1H3;2-4H,9H2,1H3. The maximum Gasteiger partial charge on any atom is 0.270 e. The molecule has 0 amide bonds. The molecular formula is C14H14Br2N2O6S2. The summed E-state index contributed by atoms with van der Waals surface area (Å²) in [5.41, 5.74) is 5.83. The van der Waals surface area contributed by atoms with Crippen LogP contribution >= 0.6 is 31.9 Å². The number of non-ortho nitro benzene ring substituents is 1. The van der Waals surface area contributed by atoms with Gasteiger partial charge in [0.1, 0.15) is 0 Å². The fourth-order valence-electron chi connectivity index (χ4n) is 1.72. The summed E-state index contributed by atoms with van der Waals surface area (Å²) >= 11 is 6.09. The van der Waals surface area contributed by atoms with Crippen LogP contribution in [0, 0.1) is 10.1 Å². The molecule has 0 aromatic heterocycles. The number of sulfone groups is 2. The molecule has 2 rings (SSSR count). The Hall–Kier alpha value is -1.50. The van der Waals surface area contributed by atoms with E-state index in [1.165, 1.54) is 12.1 Å². The quantitative estimate of drug-likeness (QED) is 0.366. The number of nitrogens with zero attached hydrogens (tertiary/aromatic N) is 1. The van der Waals surface area contributed by atoms with Gasteiger partial charge < -0.3 is 5.73 Å². The topological polar surface area (TPSA) is 137 Å². The highest BCUT2D eigenvalue weighted by Gasteiger charge is 2.15. The zero-order valence-corrected chi connectivity index (χ0v) is 18.3. The Bertz CT molecular complexity index is 1050. The van der Waals surface area contributed by atoms with Gasteiger partial charge in [0.2, 0.25) is 0 Å². The van der Waals surface area contributed by atoms with Crippen molar-refractivity contribution in [3.8, 4) is 0 Å². The summed E-state index contributed by atoms with van der Waals surface area (Å²) in [5, 5.41) is 10.3. The second kappa shape index (κ2) is 8.46. The van der Waals surface area contributed by atoms with E-state index in [2.05, 4.69) is 31.9 Å². The molecule has 2 N–H and O–H groups in total. The average molecular weight is 530 g/mol. The molecule has 26 heavy (non-hydrogen) atoms. The third kappa shape index (κ3) is 6.34. The first-order chi connectivity index (χ1) is 11.7. The number of nitrogens with two attached hydrogens (primary N) is 1. The molecule has 142 valence electrons. The number of anilines is 1. The van der Waals surface area contributed by atoms with Gasteiger partial charge in [-0.25, -0.2) is 16.8 Å². The number of halogens is 2. The van der Waals surface area contributed by atoms with Crippen molar-refractivity contribution in [2.75, 3.05) is 18.2 Å². The first-order valence-corrected chi connectivity index (χ1v) is 12.0. The Kier molecular flexibility index (Phi) is 7.33. The van der Waals surface area contributed by atoms with E-state index in [1.54, 1.807) is 12.1 Å². The van der Waals surface area contributed by atoms with Crippen molar-refractivity contribution >= 4 is 62.9 Å². The predicted octanol–water partition coefficient (Wildman–Crippen LogP) is 3.20. The summed E-state index contributed by atoms with van der Waals surface area (Å²) in [4.78, 5) is 10.1. The number of nitrogen functional groups attached to an aromatic ring is 1. The fraction of sp³-hybridized carbons (Fsp3) is 0.143. The third-order valence-electron chi connectivity index (χ3n) is 2.88. The highest BCUT2D eigenvalue weighted by atomic mass is 79.9. The van der Waals surface area contributed by atoms with Gasteiger partial charge >= 0.3 is 0 Å². The van der Waals surface area contributed by atoms with E-state index < -0.39 is 24.6 Å². The minimum Gasteiger partial charge on any atom is -0.399 e. The molecule has 0 aliphatic heterocycles. The first kappa shape index (κ1) is 22.5. The lowest BCUT2D eigenvalue weighted by Crippen LogP contribution is -1.99. The molecule has 0 spiro atoms. The summed E-state index contributed by atoms with van der Waals surface area (Å²) < 4.78 is 45.2. The molecule has 0 saturated heterocycles. The number of hydrogen-bond donors (Lipinski definition) is 1. The van der Waals surface area contributed by atoms with E-state index >= 15 is 0 Å². The molecular weight excluding hydrogens is 516 g/mol. The molecule has 0 radical (unpaired) electrons. The predicted molar refractivity (Wildman–Crippen MR) is 106 cm³/mol. The van der Waals surface area contributed by atoms with Crippen molar-refractivity contribution in [1.82, 2.24) is 0 Å². The first-order valence-electron chi connectivity index (χ1n) is 6.62. The Balaban J connectivity index is 0.000000263. The molecule has 0 aliphatic carbocycles. The van der Waals surface area contributed by atoms with Crippen LogP contribution in [0.25, 0.3) is 0 Å². The van der Waals surface area contributed by atoms with E-state index in [0.29, 0.717) is 10.2 Å². The highest BCUT2D eigenvalue weighted by molar-refractivity contribution is 9.10. The molecule has 0 aliphatic rings. The normalized spacial score (nSPS) is 11.4. The van der Waals surface area contributed by atoms with Gasteiger partial charge in [0.15, 0.2) is 19.7 Å². The summed E-state index contributed by atoms with van der Waals surface area (Å²) in [5.74, 6) is 0. The minimum atomic E-state index is -3.35. The third-order valence-corrected chi connectivity index (χ3v) is 7.03. The van der Waals surface area contributed by atoms with Gasteiger partial charge in [0.05, 0.1) is 14.7 Å². The van der Waals surface area contributed by atoms with Crippen molar-refractivity contribution in [3.05, 3.63) is 55.5 Å². The molecule has 0 unspecified atom stereocenters. The molecule has 0 heterocycles. The van der Waals surface area contributed by atoms with Gasteiger partial charge in [0.25, 0.3) is 5.69 Å². The molecule has 2 aromatic carbocycles. The molecule has 0 fully saturated rings. The number of hydrogen-bond acceptors (Lipinski definition) is 7. The van der Waals surface area contributed by atoms with Crippen LogP contribution in [0.1, 0.15) is 0 Å². The number of nitro benzene ring substituents is 1. The second-order valence-corrected chi connectivity index (χ2v) is 10.8. The largest absolute Gasteiger partial charge is 0.399 e. The van der Waals surface area contributed by atoms with Crippen molar-refractivity contribution in [3.63, 3.8) is 0 Å². The molecule has 0 atom stereocenters. The van der Waals surface area contributed by atoms with Gasteiger partial charge in [0, 0.05) is 39.3 Å². The summed E-state index contributed by atoms with van der Waals surface area (Å²) in [7, 11) is -6.50. The number of rotatable bonds is 3. The van der Waals surface area contributed by atoms with Crippen LogP contribution in [0.3, 0.4) is 0 Å². The Morgan fingerprint density at radius 1 is 0.885 bits per heavy atom. The summed E-state index contributed by atoms with van der Waals surface area (Å²) in [6.45, 7) is 0. The van der Waals surface area contributed by atoms with Gasteiger partial charge in [-0.2, -0.15) is 0 Å². The van der Waals surface area contributed by atoms with Gasteiger partial charge in [-0.15, -0.1) is 0 Å². The van der Waals surface area contributed by atoms with E-state index in [-0.39, 0.29) is 20.0 Å². The highest BCUT2D eigenvalue weighted by Crippen LogP contribution is 2.26. The zero-order chi connectivity index (χ0) is 20.3. The lowest BCUT2D eigenvalue weighted by molar-refractivity contribution is -0.385. The van der Waals surface area contributed by atoms with Gasteiger partial charge in [-0.3, -0.25) is 10.1 Å². The van der Waals surface area contributed by atoms with E-state index in [1.807, 2.05) is 0 Å². The SMILES string of the molecule is CS(=O)(=O)c1ccc(N)cc1Br.CS(=O)(=O)c1ccc([N+](=O)[O-])cc1Br. The second-order valence-electron chi connectivity index (χ2n) is 5.11. The van der Waals surface area contributed by atoms with E-state index in [0.717, 1.165) is 24.6 Å². The average Bonchev–Trinajstić information content (AvgIpc) is 2.44. The van der Waals surface area contributed by atoms with Gasteiger partial charge in [-0.1, -0.05) is 0 Å². The van der Waals surface area contributed by atoms with E-state index in [9.17, 15) is 26.9 Å². The van der Waals surface area contributed by atoms with Crippen LogP contribution in [-0.4, -0.2) is 34.3 Å². The molecule has 12 heteroatoms. The Morgan fingerprint density at radius 2 is 1.31 bits per heavy atom. The Labute approximate surface area is 167 Å². The lowest BCUT2D eigenvalue weighted by atomic mass is 10.3. The number of benzene rings is 2. The number of nitro groups is 1. The van der Waals surface area contributed by atoms with Crippen molar-refractivity contribution in [2.24, 2.45) is 0 Å². The van der Waals surface area contributed by atoms with Crippen LogP contribution < -0.4 is 5.73 Å². The zero-order valence-electron chi connectivity index (χ0n) is 13.5. The van der Waals surface area contributed by atoms with E-state index in [4.69, 9.17) is 5.73 Å². The van der Waals surface area contributed by atoms with Gasteiger partial charge in [-0.05, 0) is 56.1 Å². The molecule has 0 saturated carbocycles. The molecule has 2 aromatic rings. The Morgan fingerprint density at radius 3 is 1.65 bits per heavy atom. The molecule has 8 nitrogen and oxygen atoms in total. The maximum atomic E-state index is 11.1. The minimum absolute atomic E-state index is 0.0445. The van der Waals surface area contributed by atoms with Crippen LogP contribution in [0.5, 0.6) is 0 Å². The van der Waals surface area contributed by atoms with Crippen LogP contribution in [0.15, 0.2) is 55.1 Å². The summed E-state index contributed by atoms with van der Waals surface area (Å²) in [6, 6.07) is 8.13. The van der Waals surface area contributed by atoms with Crippen LogP contribution in [-0.2, 0) is 19.7 Å². The maximum absolute atomic E-state index is 11.1. The van der Waals surface area contributed by atoms with Crippen molar-refractivity contribution in [2.45, 2.75) is 9.79 Å². The van der Waals surface area contributed by atoms with Crippen LogP contribution in [0.4, 0.5) is 11.4 Å². The fourth-order valence-corrected chi connectivity index (χ4v) is 5.71. The monoisotopic (exact) mass is 528 g/mol. The molecule has 0 bridgehead atoms. The lowest BCUT2D eigenvalue weighted by Gasteiger charge is -2.01.